The SMILES string of the molecule is CC[C@H](C)C(=O)NCC1(N(C)C)CCCC1. The zero-order valence-corrected chi connectivity index (χ0v) is 11.2. The van der Waals surface area contributed by atoms with E-state index in [0.29, 0.717) is 0 Å². The summed E-state index contributed by atoms with van der Waals surface area (Å²) in [5.41, 5.74) is 0.211. The summed E-state index contributed by atoms with van der Waals surface area (Å²) in [6.07, 6.45) is 5.91. The van der Waals surface area contributed by atoms with Gasteiger partial charge in [0.2, 0.25) is 5.91 Å². The van der Waals surface area contributed by atoms with Gasteiger partial charge in [-0.3, -0.25) is 4.79 Å². The van der Waals surface area contributed by atoms with Crippen LogP contribution in [0.4, 0.5) is 0 Å². The summed E-state index contributed by atoms with van der Waals surface area (Å²) < 4.78 is 0. The van der Waals surface area contributed by atoms with Crippen LogP contribution in [0.3, 0.4) is 0 Å². The molecule has 0 aromatic rings. The van der Waals surface area contributed by atoms with Crippen LogP contribution in [0, 0.1) is 5.92 Å². The summed E-state index contributed by atoms with van der Waals surface area (Å²) in [6.45, 7) is 4.86. The van der Waals surface area contributed by atoms with Gasteiger partial charge in [0, 0.05) is 18.0 Å². The molecule has 16 heavy (non-hydrogen) atoms. The van der Waals surface area contributed by atoms with Gasteiger partial charge in [0.05, 0.1) is 0 Å². The molecule has 0 spiro atoms. The van der Waals surface area contributed by atoms with Crippen molar-refractivity contribution in [3.8, 4) is 0 Å². The molecule has 0 aromatic heterocycles. The molecular formula is C13H26N2O. The lowest BCUT2D eigenvalue weighted by Crippen LogP contribution is -2.51. The third-order valence-electron chi connectivity index (χ3n) is 4.13. The number of rotatable bonds is 5. The van der Waals surface area contributed by atoms with E-state index in [1.54, 1.807) is 0 Å². The fraction of sp³-hybridized carbons (Fsp3) is 0.923. The molecule has 1 aliphatic rings. The van der Waals surface area contributed by atoms with E-state index in [2.05, 4.69) is 31.2 Å². The Kier molecular flexibility index (Phi) is 4.78. The topological polar surface area (TPSA) is 32.3 Å². The number of nitrogens with one attached hydrogen (secondary N) is 1. The number of carbonyl (C=O) groups is 1. The number of hydrogen-bond donors (Lipinski definition) is 1. The van der Waals surface area contributed by atoms with Gasteiger partial charge in [-0.1, -0.05) is 26.7 Å². The van der Waals surface area contributed by atoms with Gasteiger partial charge >= 0.3 is 0 Å². The smallest absolute Gasteiger partial charge is 0.222 e. The summed E-state index contributed by atoms with van der Waals surface area (Å²) in [5, 5.41) is 3.12. The highest BCUT2D eigenvalue weighted by Gasteiger charge is 2.36. The number of amides is 1. The van der Waals surface area contributed by atoms with E-state index in [9.17, 15) is 4.79 Å². The van der Waals surface area contributed by atoms with E-state index in [1.807, 2.05) is 6.92 Å². The molecular weight excluding hydrogens is 200 g/mol. The van der Waals surface area contributed by atoms with Crippen LogP contribution in [0.2, 0.25) is 0 Å². The highest BCUT2D eigenvalue weighted by atomic mass is 16.1. The predicted molar refractivity (Wildman–Crippen MR) is 67.4 cm³/mol. The van der Waals surface area contributed by atoms with Gasteiger partial charge in [-0.05, 0) is 33.4 Å². The molecule has 0 radical (unpaired) electrons. The van der Waals surface area contributed by atoms with Crippen LogP contribution < -0.4 is 5.32 Å². The van der Waals surface area contributed by atoms with Crippen molar-refractivity contribution in [2.45, 2.75) is 51.5 Å². The fourth-order valence-corrected chi connectivity index (χ4v) is 2.43. The zero-order chi connectivity index (χ0) is 12.2. The Hall–Kier alpha value is -0.570. The van der Waals surface area contributed by atoms with Crippen LogP contribution in [-0.2, 0) is 4.79 Å². The molecule has 3 nitrogen and oxygen atoms in total. The molecule has 1 rings (SSSR count). The predicted octanol–water partition coefficient (Wildman–Crippen LogP) is 2.02. The molecule has 0 aromatic carbocycles. The molecule has 1 fully saturated rings. The molecule has 0 heterocycles. The minimum Gasteiger partial charge on any atom is -0.354 e. The van der Waals surface area contributed by atoms with E-state index in [4.69, 9.17) is 0 Å². The minimum absolute atomic E-state index is 0.139. The Morgan fingerprint density at radius 1 is 1.38 bits per heavy atom. The van der Waals surface area contributed by atoms with E-state index < -0.39 is 0 Å². The fourth-order valence-electron chi connectivity index (χ4n) is 2.43. The van der Waals surface area contributed by atoms with E-state index in [1.165, 1.54) is 25.7 Å². The van der Waals surface area contributed by atoms with Crippen LogP contribution in [0.1, 0.15) is 46.0 Å². The Bertz CT molecular complexity index is 232. The summed E-state index contributed by atoms with van der Waals surface area (Å²) in [7, 11) is 4.25. The maximum absolute atomic E-state index is 11.8. The van der Waals surface area contributed by atoms with E-state index in [-0.39, 0.29) is 17.4 Å². The van der Waals surface area contributed by atoms with Gasteiger partial charge in [-0.25, -0.2) is 0 Å². The normalized spacial score (nSPS) is 21.1. The maximum atomic E-state index is 11.8. The van der Waals surface area contributed by atoms with Crippen LogP contribution in [-0.4, -0.2) is 37.0 Å². The number of carbonyl (C=O) groups excluding carboxylic acids is 1. The molecule has 0 saturated heterocycles. The molecule has 1 atom stereocenters. The quantitative estimate of drug-likeness (QED) is 0.778. The Labute approximate surface area is 99.6 Å². The van der Waals surface area contributed by atoms with Crippen LogP contribution in [0.5, 0.6) is 0 Å². The van der Waals surface area contributed by atoms with Crippen molar-refractivity contribution >= 4 is 5.91 Å². The summed E-state index contributed by atoms with van der Waals surface area (Å²) in [5.74, 6) is 0.344. The number of hydrogen-bond acceptors (Lipinski definition) is 2. The molecule has 0 aliphatic heterocycles. The van der Waals surface area contributed by atoms with E-state index >= 15 is 0 Å². The lowest BCUT2D eigenvalue weighted by Gasteiger charge is -2.36. The first-order valence-corrected chi connectivity index (χ1v) is 6.47. The van der Waals surface area contributed by atoms with Gasteiger partial charge in [0.25, 0.3) is 0 Å². The first-order valence-electron chi connectivity index (χ1n) is 6.47. The first kappa shape index (κ1) is 13.5. The molecule has 0 unspecified atom stereocenters. The summed E-state index contributed by atoms with van der Waals surface area (Å²) in [4.78, 5) is 14.1. The van der Waals surface area contributed by atoms with Crippen molar-refractivity contribution in [1.82, 2.24) is 10.2 Å². The second kappa shape index (κ2) is 5.67. The molecule has 1 amide bonds. The van der Waals surface area contributed by atoms with Crippen molar-refractivity contribution in [1.29, 1.82) is 0 Å². The molecule has 3 heteroatoms. The van der Waals surface area contributed by atoms with Crippen LogP contribution >= 0.6 is 0 Å². The minimum atomic E-state index is 0.139. The second-order valence-corrected chi connectivity index (χ2v) is 5.35. The average Bonchev–Trinajstić information content (AvgIpc) is 2.74. The van der Waals surface area contributed by atoms with Crippen LogP contribution in [0.15, 0.2) is 0 Å². The Balaban J connectivity index is 2.48. The Morgan fingerprint density at radius 2 is 1.94 bits per heavy atom. The highest BCUT2D eigenvalue weighted by Crippen LogP contribution is 2.33. The highest BCUT2D eigenvalue weighted by molar-refractivity contribution is 5.78. The molecule has 1 aliphatic carbocycles. The van der Waals surface area contributed by atoms with Crippen molar-refractivity contribution in [2.24, 2.45) is 5.92 Å². The van der Waals surface area contributed by atoms with Crippen molar-refractivity contribution in [3.05, 3.63) is 0 Å². The molecule has 1 saturated carbocycles. The molecule has 1 N–H and O–H groups in total. The maximum Gasteiger partial charge on any atom is 0.222 e. The van der Waals surface area contributed by atoms with Gasteiger partial charge in [0.1, 0.15) is 0 Å². The molecule has 94 valence electrons. The van der Waals surface area contributed by atoms with Crippen LogP contribution in [0.25, 0.3) is 0 Å². The second-order valence-electron chi connectivity index (χ2n) is 5.35. The van der Waals surface area contributed by atoms with Crippen molar-refractivity contribution in [3.63, 3.8) is 0 Å². The Morgan fingerprint density at radius 3 is 2.38 bits per heavy atom. The lowest BCUT2D eigenvalue weighted by molar-refractivity contribution is -0.125. The first-order chi connectivity index (χ1) is 7.52. The number of nitrogens with zero attached hydrogens (tertiary/aromatic N) is 1. The summed E-state index contributed by atoms with van der Waals surface area (Å²) in [6, 6.07) is 0. The van der Waals surface area contributed by atoms with Crippen molar-refractivity contribution < 1.29 is 4.79 Å². The summed E-state index contributed by atoms with van der Waals surface area (Å²) >= 11 is 0. The van der Waals surface area contributed by atoms with Gasteiger partial charge in [-0.2, -0.15) is 0 Å². The third kappa shape index (κ3) is 2.97. The standard InChI is InChI=1S/C13H26N2O/c1-5-11(2)12(16)14-10-13(15(3)4)8-6-7-9-13/h11H,5-10H2,1-4H3,(H,14,16)/t11-/m0/s1. The monoisotopic (exact) mass is 226 g/mol. The van der Waals surface area contributed by atoms with Crippen molar-refractivity contribution in [2.75, 3.05) is 20.6 Å². The van der Waals surface area contributed by atoms with Gasteiger partial charge in [0.15, 0.2) is 0 Å². The van der Waals surface area contributed by atoms with E-state index in [0.717, 1.165) is 13.0 Å². The average molecular weight is 226 g/mol. The number of likely N-dealkylation sites (N-methyl/N-ethyl adjacent to an activating group) is 1. The zero-order valence-electron chi connectivity index (χ0n) is 11.2. The lowest BCUT2D eigenvalue weighted by atomic mass is 9.95. The largest absolute Gasteiger partial charge is 0.354 e. The van der Waals surface area contributed by atoms with Gasteiger partial charge < -0.3 is 10.2 Å². The third-order valence-corrected chi connectivity index (χ3v) is 4.13. The molecule has 0 bridgehead atoms. The van der Waals surface area contributed by atoms with Gasteiger partial charge in [-0.15, -0.1) is 0 Å².